The predicted octanol–water partition coefficient (Wildman–Crippen LogP) is 3.53. The van der Waals surface area contributed by atoms with Crippen LogP contribution in [0.15, 0.2) is 41.5 Å². The van der Waals surface area contributed by atoms with Crippen molar-refractivity contribution in [3.63, 3.8) is 0 Å². The van der Waals surface area contributed by atoms with Gasteiger partial charge in [0.15, 0.2) is 11.5 Å². The third-order valence-electron chi connectivity index (χ3n) is 3.72. The van der Waals surface area contributed by atoms with Crippen LogP contribution in [0, 0.1) is 6.92 Å². The quantitative estimate of drug-likeness (QED) is 0.624. The molecule has 0 aliphatic carbocycles. The molecule has 128 valence electrons. The normalized spacial score (nSPS) is 11.1. The van der Waals surface area contributed by atoms with E-state index in [0.717, 1.165) is 22.6 Å². The Hall–Kier alpha value is -2.69. The summed E-state index contributed by atoms with van der Waals surface area (Å²) < 4.78 is 16.0. The van der Waals surface area contributed by atoms with Gasteiger partial charge < -0.3 is 19.6 Å². The van der Waals surface area contributed by atoms with E-state index in [-0.39, 0.29) is 0 Å². The average molecular weight is 328 g/mol. The van der Waals surface area contributed by atoms with Crippen molar-refractivity contribution in [1.29, 1.82) is 0 Å². The number of nitrogens with zero attached hydrogens (tertiary/aromatic N) is 1. The minimum atomic E-state index is 0.589. The molecule has 0 unspecified atom stereocenters. The topological polar surface area (TPSA) is 52.1 Å². The summed E-state index contributed by atoms with van der Waals surface area (Å²) in [6, 6.07) is 11.8. The van der Waals surface area contributed by atoms with E-state index < -0.39 is 0 Å². The average Bonchev–Trinajstić information content (AvgIpc) is 2.61. The van der Waals surface area contributed by atoms with Crippen LogP contribution in [0.3, 0.4) is 0 Å². The third kappa shape index (κ3) is 4.19. The SMILES string of the molecule is COc1ccc(CN/N=C(/C)c2cc(C)ccc2OC)cc1OC. The van der Waals surface area contributed by atoms with Gasteiger partial charge in [0, 0.05) is 5.56 Å². The Morgan fingerprint density at radius 2 is 1.58 bits per heavy atom. The maximum atomic E-state index is 5.40. The van der Waals surface area contributed by atoms with Crippen LogP contribution in [-0.2, 0) is 6.54 Å². The van der Waals surface area contributed by atoms with Gasteiger partial charge in [-0.15, -0.1) is 0 Å². The molecule has 0 bridgehead atoms. The van der Waals surface area contributed by atoms with Gasteiger partial charge in [0.25, 0.3) is 0 Å². The van der Waals surface area contributed by atoms with E-state index in [4.69, 9.17) is 14.2 Å². The number of nitrogens with one attached hydrogen (secondary N) is 1. The smallest absolute Gasteiger partial charge is 0.161 e. The van der Waals surface area contributed by atoms with Gasteiger partial charge in [-0.25, -0.2) is 0 Å². The second kappa shape index (κ2) is 8.24. The number of hydrogen-bond donors (Lipinski definition) is 1. The minimum absolute atomic E-state index is 0.589. The Bertz CT molecular complexity index is 727. The number of rotatable bonds is 7. The van der Waals surface area contributed by atoms with Crippen molar-refractivity contribution >= 4 is 5.71 Å². The summed E-state index contributed by atoms with van der Waals surface area (Å²) in [6.45, 7) is 4.60. The van der Waals surface area contributed by atoms with Crippen molar-refractivity contribution in [2.24, 2.45) is 5.10 Å². The van der Waals surface area contributed by atoms with Gasteiger partial charge >= 0.3 is 0 Å². The van der Waals surface area contributed by atoms with Crippen molar-refractivity contribution in [2.75, 3.05) is 21.3 Å². The fourth-order valence-electron chi connectivity index (χ4n) is 2.40. The predicted molar refractivity (Wildman–Crippen MR) is 96.3 cm³/mol. The Balaban J connectivity index is 2.10. The number of benzene rings is 2. The van der Waals surface area contributed by atoms with E-state index in [2.05, 4.69) is 16.6 Å². The molecule has 5 nitrogen and oxygen atoms in total. The van der Waals surface area contributed by atoms with Crippen LogP contribution in [0.2, 0.25) is 0 Å². The molecule has 2 rings (SSSR count). The molecule has 0 spiro atoms. The van der Waals surface area contributed by atoms with E-state index in [9.17, 15) is 0 Å². The van der Waals surface area contributed by atoms with Crippen LogP contribution in [0.5, 0.6) is 17.2 Å². The fraction of sp³-hybridized carbons (Fsp3) is 0.316. The van der Waals surface area contributed by atoms with E-state index in [1.165, 1.54) is 5.56 Å². The highest BCUT2D eigenvalue weighted by atomic mass is 16.5. The van der Waals surface area contributed by atoms with Gasteiger partial charge in [0.2, 0.25) is 0 Å². The maximum absolute atomic E-state index is 5.40. The first kappa shape index (κ1) is 17.7. The molecule has 2 aromatic carbocycles. The van der Waals surface area contributed by atoms with Gasteiger partial charge in [0.1, 0.15) is 5.75 Å². The maximum Gasteiger partial charge on any atom is 0.161 e. The first-order chi connectivity index (χ1) is 11.6. The van der Waals surface area contributed by atoms with Gasteiger partial charge in [0.05, 0.1) is 33.6 Å². The molecule has 0 aliphatic heterocycles. The molecule has 0 saturated carbocycles. The summed E-state index contributed by atoms with van der Waals surface area (Å²) in [4.78, 5) is 0. The highest BCUT2D eigenvalue weighted by Crippen LogP contribution is 2.27. The van der Waals surface area contributed by atoms with Crippen molar-refractivity contribution in [1.82, 2.24) is 5.43 Å². The Kier molecular flexibility index (Phi) is 6.07. The number of hydrogen-bond acceptors (Lipinski definition) is 5. The summed E-state index contributed by atoms with van der Waals surface area (Å²) in [5.74, 6) is 2.23. The number of hydrazone groups is 1. The summed E-state index contributed by atoms with van der Waals surface area (Å²) >= 11 is 0. The van der Waals surface area contributed by atoms with Crippen LogP contribution in [-0.4, -0.2) is 27.0 Å². The molecule has 0 fully saturated rings. The molecule has 24 heavy (non-hydrogen) atoms. The third-order valence-corrected chi connectivity index (χ3v) is 3.72. The van der Waals surface area contributed by atoms with Gasteiger partial charge in [-0.05, 0) is 43.7 Å². The fourth-order valence-corrected chi connectivity index (χ4v) is 2.40. The Morgan fingerprint density at radius 1 is 0.917 bits per heavy atom. The molecule has 1 N–H and O–H groups in total. The van der Waals surface area contributed by atoms with Crippen molar-refractivity contribution in [3.05, 3.63) is 53.1 Å². The van der Waals surface area contributed by atoms with Gasteiger partial charge in [-0.3, -0.25) is 0 Å². The lowest BCUT2D eigenvalue weighted by Gasteiger charge is -2.11. The van der Waals surface area contributed by atoms with Crippen molar-refractivity contribution in [3.8, 4) is 17.2 Å². The number of ether oxygens (including phenoxy) is 3. The first-order valence-electron chi connectivity index (χ1n) is 7.72. The zero-order chi connectivity index (χ0) is 17.5. The number of aryl methyl sites for hydroxylation is 1. The standard InChI is InChI=1S/C19H24N2O3/c1-13-6-8-17(22-3)16(10-13)14(2)21-20-12-15-7-9-18(23-4)19(11-15)24-5/h6-11,20H,12H2,1-5H3/b21-14-. The minimum Gasteiger partial charge on any atom is -0.496 e. The molecule has 0 saturated heterocycles. The van der Waals surface area contributed by atoms with E-state index in [0.29, 0.717) is 18.0 Å². The van der Waals surface area contributed by atoms with E-state index in [1.54, 1.807) is 21.3 Å². The van der Waals surface area contributed by atoms with Crippen molar-refractivity contribution in [2.45, 2.75) is 20.4 Å². The zero-order valence-corrected chi connectivity index (χ0v) is 14.8. The lowest BCUT2D eigenvalue weighted by Crippen LogP contribution is -2.10. The van der Waals surface area contributed by atoms with Crippen LogP contribution in [0.4, 0.5) is 0 Å². The lowest BCUT2D eigenvalue weighted by atomic mass is 10.1. The highest BCUT2D eigenvalue weighted by molar-refractivity contribution is 6.01. The molecular formula is C19H24N2O3. The lowest BCUT2D eigenvalue weighted by molar-refractivity contribution is 0.354. The van der Waals surface area contributed by atoms with Crippen LogP contribution in [0.1, 0.15) is 23.6 Å². The van der Waals surface area contributed by atoms with Crippen LogP contribution >= 0.6 is 0 Å². The molecule has 5 heteroatoms. The molecule has 0 radical (unpaired) electrons. The molecule has 0 aliphatic rings. The second-order valence-corrected chi connectivity index (χ2v) is 5.43. The van der Waals surface area contributed by atoms with Gasteiger partial charge in [-0.1, -0.05) is 17.7 Å². The summed E-state index contributed by atoms with van der Waals surface area (Å²) in [7, 11) is 4.92. The second-order valence-electron chi connectivity index (χ2n) is 5.43. The molecule has 0 amide bonds. The van der Waals surface area contributed by atoms with E-state index in [1.807, 2.05) is 44.2 Å². The Labute approximate surface area is 143 Å². The van der Waals surface area contributed by atoms with Crippen molar-refractivity contribution < 1.29 is 14.2 Å². The molecule has 0 atom stereocenters. The largest absolute Gasteiger partial charge is 0.496 e. The molecular weight excluding hydrogens is 304 g/mol. The zero-order valence-electron chi connectivity index (χ0n) is 14.8. The molecule has 0 aromatic heterocycles. The molecule has 2 aromatic rings. The highest BCUT2D eigenvalue weighted by Gasteiger charge is 2.07. The summed E-state index contributed by atoms with van der Waals surface area (Å²) in [5.41, 5.74) is 7.17. The van der Waals surface area contributed by atoms with Crippen LogP contribution in [0.25, 0.3) is 0 Å². The summed E-state index contributed by atoms with van der Waals surface area (Å²) in [5, 5.41) is 4.45. The monoisotopic (exact) mass is 328 g/mol. The number of methoxy groups -OCH3 is 3. The summed E-state index contributed by atoms with van der Waals surface area (Å²) in [6.07, 6.45) is 0. The molecule has 0 heterocycles. The Morgan fingerprint density at radius 3 is 2.25 bits per heavy atom. The first-order valence-corrected chi connectivity index (χ1v) is 7.72. The van der Waals surface area contributed by atoms with Crippen LogP contribution < -0.4 is 19.6 Å². The van der Waals surface area contributed by atoms with Gasteiger partial charge in [-0.2, -0.15) is 5.10 Å². The van der Waals surface area contributed by atoms with E-state index >= 15 is 0 Å².